The zero-order valence-corrected chi connectivity index (χ0v) is 12.7. The Bertz CT molecular complexity index is 684. The van der Waals surface area contributed by atoms with Gasteiger partial charge < -0.3 is 9.88 Å². The van der Waals surface area contributed by atoms with Crippen LogP contribution in [0.2, 0.25) is 0 Å². The standard InChI is InChI=1S/C14H16ClF2N3O/c1-4-18-14(21)8(3)20-11-6-9(16)5-10(17)12(11)19-13(20)7(2)15/h5-8H,4H2,1-3H3,(H,18,21). The normalized spacial score (nSPS) is 14.2. The molecule has 21 heavy (non-hydrogen) atoms. The molecule has 2 rings (SSSR count). The predicted octanol–water partition coefficient (Wildman–Crippen LogP) is 3.31. The summed E-state index contributed by atoms with van der Waals surface area (Å²) in [6.45, 7) is 5.56. The lowest BCUT2D eigenvalue weighted by atomic mass is 10.2. The molecular formula is C14H16ClF2N3O. The largest absolute Gasteiger partial charge is 0.355 e. The number of likely N-dealkylation sites (N-methyl/N-ethyl adjacent to an activating group) is 1. The van der Waals surface area contributed by atoms with Crippen molar-refractivity contribution >= 4 is 28.5 Å². The molecule has 2 atom stereocenters. The van der Waals surface area contributed by atoms with Gasteiger partial charge in [0.05, 0.1) is 10.9 Å². The van der Waals surface area contributed by atoms with Gasteiger partial charge in [-0.25, -0.2) is 13.8 Å². The molecule has 0 fully saturated rings. The molecule has 1 amide bonds. The maximum atomic E-state index is 13.9. The van der Waals surface area contributed by atoms with Crippen molar-refractivity contribution < 1.29 is 13.6 Å². The summed E-state index contributed by atoms with van der Waals surface area (Å²) in [6, 6.07) is 1.25. The number of fused-ring (bicyclic) bond motifs is 1. The van der Waals surface area contributed by atoms with Crippen molar-refractivity contribution in [3.8, 4) is 0 Å². The van der Waals surface area contributed by atoms with Crippen molar-refractivity contribution in [3.05, 3.63) is 29.6 Å². The van der Waals surface area contributed by atoms with E-state index in [-0.39, 0.29) is 16.9 Å². The van der Waals surface area contributed by atoms with Crippen molar-refractivity contribution in [2.24, 2.45) is 0 Å². The molecule has 2 aromatic rings. The Morgan fingerprint density at radius 2 is 2.10 bits per heavy atom. The topological polar surface area (TPSA) is 46.9 Å². The van der Waals surface area contributed by atoms with Crippen LogP contribution in [0, 0.1) is 11.6 Å². The van der Waals surface area contributed by atoms with Gasteiger partial charge in [-0.3, -0.25) is 4.79 Å². The second kappa shape index (κ2) is 5.97. The highest BCUT2D eigenvalue weighted by atomic mass is 35.5. The molecule has 7 heteroatoms. The maximum absolute atomic E-state index is 13.9. The van der Waals surface area contributed by atoms with Gasteiger partial charge in [-0.15, -0.1) is 11.6 Å². The van der Waals surface area contributed by atoms with Crippen LogP contribution < -0.4 is 5.32 Å². The summed E-state index contributed by atoms with van der Waals surface area (Å²) in [5, 5.41) is 2.13. The number of hydrogen-bond donors (Lipinski definition) is 1. The Labute approximate surface area is 126 Å². The van der Waals surface area contributed by atoms with E-state index < -0.39 is 23.1 Å². The number of nitrogens with one attached hydrogen (secondary N) is 1. The summed E-state index contributed by atoms with van der Waals surface area (Å²) in [4.78, 5) is 16.2. The van der Waals surface area contributed by atoms with Crippen LogP contribution >= 0.6 is 11.6 Å². The quantitative estimate of drug-likeness (QED) is 0.880. The average molecular weight is 316 g/mol. The zero-order chi connectivity index (χ0) is 15.7. The third-order valence-electron chi connectivity index (χ3n) is 3.21. The molecule has 4 nitrogen and oxygen atoms in total. The fourth-order valence-corrected chi connectivity index (χ4v) is 2.42. The van der Waals surface area contributed by atoms with Crippen LogP contribution in [0.5, 0.6) is 0 Å². The van der Waals surface area contributed by atoms with Crippen molar-refractivity contribution in [3.63, 3.8) is 0 Å². The fraction of sp³-hybridized carbons (Fsp3) is 0.429. The average Bonchev–Trinajstić information content (AvgIpc) is 2.77. The van der Waals surface area contributed by atoms with Crippen LogP contribution in [0.1, 0.15) is 38.0 Å². The second-order valence-corrected chi connectivity index (χ2v) is 5.44. The third kappa shape index (κ3) is 2.85. The van der Waals surface area contributed by atoms with Crippen molar-refractivity contribution in [2.75, 3.05) is 6.54 Å². The number of halogens is 3. The highest BCUT2D eigenvalue weighted by Crippen LogP contribution is 2.30. The van der Waals surface area contributed by atoms with E-state index in [1.807, 2.05) is 0 Å². The molecule has 1 aromatic carbocycles. The number of nitrogens with zero attached hydrogens (tertiary/aromatic N) is 2. The molecule has 0 aliphatic rings. The lowest BCUT2D eigenvalue weighted by Gasteiger charge is -2.17. The molecule has 2 unspecified atom stereocenters. The van der Waals surface area contributed by atoms with Crippen molar-refractivity contribution in [1.29, 1.82) is 0 Å². The fourth-order valence-electron chi connectivity index (χ4n) is 2.27. The SMILES string of the molecule is CCNC(=O)C(C)n1c(C(C)Cl)nc2c(F)cc(F)cc21. The van der Waals surface area contributed by atoms with E-state index in [2.05, 4.69) is 10.3 Å². The Kier molecular flexibility index (Phi) is 4.46. The van der Waals surface area contributed by atoms with Crippen LogP contribution in [0.3, 0.4) is 0 Å². The number of imidazole rings is 1. The number of aromatic nitrogens is 2. The summed E-state index contributed by atoms with van der Waals surface area (Å²) < 4.78 is 28.8. The first-order chi connectivity index (χ1) is 9.86. The summed E-state index contributed by atoms with van der Waals surface area (Å²) in [6.07, 6.45) is 0. The molecule has 0 aliphatic carbocycles. The Hall–Kier alpha value is -1.69. The number of alkyl halides is 1. The van der Waals surface area contributed by atoms with E-state index in [0.717, 1.165) is 12.1 Å². The molecule has 0 bridgehead atoms. The van der Waals surface area contributed by atoms with Crippen LogP contribution in [0.4, 0.5) is 8.78 Å². The van der Waals surface area contributed by atoms with Crippen LogP contribution in [-0.4, -0.2) is 22.0 Å². The molecular weight excluding hydrogens is 300 g/mol. The summed E-state index contributed by atoms with van der Waals surface area (Å²) in [5.74, 6) is -1.43. The number of amides is 1. The first kappa shape index (κ1) is 15.7. The number of rotatable bonds is 4. The van der Waals surface area contributed by atoms with E-state index in [1.165, 1.54) is 4.57 Å². The van der Waals surface area contributed by atoms with Crippen LogP contribution in [0.25, 0.3) is 11.0 Å². The Balaban J connectivity index is 2.69. The van der Waals surface area contributed by atoms with Gasteiger partial charge in [0.15, 0.2) is 5.82 Å². The van der Waals surface area contributed by atoms with Gasteiger partial charge in [0.1, 0.15) is 23.2 Å². The minimum absolute atomic E-state index is 0.00930. The van der Waals surface area contributed by atoms with E-state index >= 15 is 0 Å². The Morgan fingerprint density at radius 3 is 2.67 bits per heavy atom. The maximum Gasteiger partial charge on any atom is 0.242 e. The number of carbonyl (C=O) groups excluding carboxylic acids is 1. The first-order valence-electron chi connectivity index (χ1n) is 6.65. The minimum Gasteiger partial charge on any atom is -0.355 e. The number of hydrogen-bond acceptors (Lipinski definition) is 2. The molecule has 0 saturated heterocycles. The van der Waals surface area contributed by atoms with E-state index in [4.69, 9.17) is 11.6 Å². The van der Waals surface area contributed by atoms with Gasteiger partial charge in [-0.2, -0.15) is 0 Å². The lowest BCUT2D eigenvalue weighted by molar-refractivity contribution is -0.123. The van der Waals surface area contributed by atoms with E-state index in [9.17, 15) is 13.6 Å². The van der Waals surface area contributed by atoms with E-state index in [1.54, 1.807) is 20.8 Å². The molecule has 0 radical (unpaired) electrons. The molecule has 0 spiro atoms. The van der Waals surface area contributed by atoms with Gasteiger partial charge in [0.2, 0.25) is 5.91 Å². The molecule has 1 aromatic heterocycles. The van der Waals surface area contributed by atoms with Crippen molar-refractivity contribution in [2.45, 2.75) is 32.2 Å². The highest BCUT2D eigenvalue weighted by Gasteiger charge is 2.25. The van der Waals surface area contributed by atoms with Gasteiger partial charge in [0.25, 0.3) is 0 Å². The molecule has 114 valence electrons. The molecule has 0 aliphatic heterocycles. The van der Waals surface area contributed by atoms with Gasteiger partial charge in [0, 0.05) is 18.7 Å². The van der Waals surface area contributed by atoms with Crippen LogP contribution in [0.15, 0.2) is 12.1 Å². The van der Waals surface area contributed by atoms with Gasteiger partial charge in [-0.05, 0) is 20.8 Å². The third-order valence-corrected chi connectivity index (χ3v) is 3.41. The predicted molar refractivity (Wildman–Crippen MR) is 77.3 cm³/mol. The van der Waals surface area contributed by atoms with Crippen LogP contribution in [-0.2, 0) is 4.79 Å². The van der Waals surface area contributed by atoms with Gasteiger partial charge in [-0.1, -0.05) is 0 Å². The smallest absolute Gasteiger partial charge is 0.242 e. The minimum atomic E-state index is -0.773. The van der Waals surface area contributed by atoms with Crippen molar-refractivity contribution in [1.82, 2.24) is 14.9 Å². The highest BCUT2D eigenvalue weighted by molar-refractivity contribution is 6.20. The Morgan fingerprint density at radius 1 is 1.43 bits per heavy atom. The summed E-state index contributed by atoms with van der Waals surface area (Å²) >= 11 is 6.07. The molecule has 1 heterocycles. The number of benzene rings is 1. The first-order valence-corrected chi connectivity index (χ1v) is 7.09. The van der Waals surface area contributed by atoms with Gasteiger partial charge >= 0.3 is 0 Å². The zero-order valence-electron chi connectivity index (χ0n) is 12.0. The summed E-state index contributed by atoms with van der Waals surface area (Å²) in [5.41, 5.74) is 0.226. The second-order valence-electron chi connectivity index (χ2n) is 4.78. The monoisotopic (exact) mass is 315 g/mol. The molecule has 0 saturated carbocycles. The summed E-state index contributed by atoms with van der Waals surface area (Å²) in [7, 11) is 0. The number of carbonyl (C=O) groups is 1. The molecule has 1 N–H and O–H groups in total. The van der Waals surface area contributed by atoms with E-state index in [0.29, 0.717) is 12.4 Å². The lowest BCUT2D eigenvalue weighted by Crippen LogP contribution is -2.31.